The summed E-state index contributed by atoms with van der Waals surface area (Å²) in [4.78, 5) is 0. The molecule has 0 amide bonds. The molecule has 0 spiro atoms. The fraction of sp³-hybridized carbons (Fsp3) is 0.368. The van der Waals surface area contributed by atoms with Gasteiger partial charge in [-0.05, 0) is 181 Å². The van der Waals surface area contributed by atoms with E-state index >= 15 is 0 Å². The molecule has 1 saturated carbocycles. The predicted molar refractivity (Wildman–Crippen MR) is 274 cm³/mol. The first-order valence-corrected chi connectivity index (χ1v) is 26.9. The van der Waals surface area contributed by atoms with Gasteiger partial charge < -0.3 is 4.74 Å². The molecule has 0 heterocycles. The highest BCUT2D eigenvalue weighted by molar-refractivity contribution is 7.74. The lowest BCUT2D eigenvalue weighted by molar-refractivity contribution is -0.0296. The molecule has 2 unspecified atom stereocenters. The van der Waals surface area contributed by atoms with Gasteiger partial charge in [-0.2, -0.15) is 0 Å². The maximum atomic E-state index is 6.35. The maximum Gasteiger partial charge on any atom is 0.0496 e. The zero-order valence-corrected chi connectivity index (χ0v) is 42.0. The highest BCUT2D eigenvalue weighted by atomic mass is 31.1. The van der Waals surface area contributed by atoms with Crippen molar-refractivity contribution in [2.24, 2.45) is 23.7 Å². The van der Waals surface area contributed by atoms with Crippen molar-refractivity contribution in [2.75, 3.05) is 32.2 Å². The highest BCUT2D eigenvalue weighted by Gasteiger charge is 2.52. The Hall–Kier alpha value is -3.43. The van der Waals surface area contributed by atoms with E-state index in [2.05, 4.69) is 192 Å². The predicted octanol–water partition coefficient (Wildman–Crippen LogP) is 12.2. The van der Waals surface area contributed by atoms with Gasteiger partial charge in [0.05, 0.1) is 0 Å². The summed E-state index contributed by atoms with van der Waals surface area (Å²) in [5.74, 6) is 2.11. The van der Waals surface area contributed by atoms with E-state index in [0.717, 1.165) is 6.61 Å². The van der Waals surface area contributed by atoms with Crippen LogP contribution in [0.15, 0.2) is 109 Å². The largest absolute Gasteiger partial charge is 0.384 e. The van der Waals surface area contributed by atoms with Crippen LogP contribution in [0.5, 0.6) is 0 Å². The molecule has 1 fully saturated rings. The monoisotopic (exact) mass is 862 g/mol. The summed E-state index contributed by atoms with van der Waals surface area (Å²) >= 11 is 0. The van der Waals surface area contributed by atoms with E-state index in [0.29, 0.717) is 23.7 Å². The molecule has 0 bridgehead atoms. The molecule has 0 radical (unpaired) electrons. The minimum atomic E-state index is -0.626. The molecule has 0 aliphatic heterocycles. The van der Waals surface area contributed by atoms with Crippen molar-refractivity contribution in [3.8, 4) is 0 Å². The Morgan fingerprint density at radius 1 is 0.279 bits per heavy atom. The molecule has 1 nitrogen and oxygen atoms in total. The Labute approximate surface area is 373 Å². The van der Waals surface area contributed by atoms with Crippen LogP contribution in [0.4, 0.5) is 0 Å². The van der Waals surface area contributed by atoms with E-state index in [1.807, 2.05) is 7.11 Å². The van der Waals surface area contributed by atoms with Crippen LogP contribution in [0.2, 0.25) is 0 Å². The molecule has 1 aliphatic carbocycles. The number of rotatable bonds is 14. The molecule has 0 N–H and O–H groups in total. The van der Waals surface area contributed by atoms with Gasteiger partial charge >= 0.3 is 0 Å². The summed E-state index contributed by atoms with van der Waals surface area (Å²) in [6.45, 7) is 28.2. The maximum absolute atomic E-state index is 6.35. The van der Waals surface area contributed by atoms with Crippen LogP contribution in [0, 0.1) is 107 Å². The summed E-state index contributed by atoms with van der Waals surface area (Å²) in [7, 11) is 0.0950. The average Bonchev–Trinajstić information content (AvgIpc) is 3.13. The first-order valence-electron chi connectivity index (χ1n) is 22.3. The summed E-state index contributed by atoms with van der Waals surface area (Å²) in [5.41, 5.74) is 16.4. The quantitative estimate of drug-likeness (QED) is 0.0992. The third kappa shape index (κ3) is 11.0. The molecule has 1 aliphatic rings. The lowest BCUT2D eigenvalue weighted by atomic mass is 9.59. The average molecular weight is 863 g/mol. The van der Waals surface area contributed by atoms with Crippen molar-refractivity contribution >= 4 is 55.6 Å². The van der Waals surface area contributed by atoms with Gasteiger partial charge in [0.2, 0.25) is 0 Å². The number of methoxy groups -OCH3 is 1. The van der Waals surface area contributed by atoms with Gasteiger partial charge in [0.1, 0.15) is 0 Å². The number of ether oxygens (including phenoxy) is 1. The Balaban J connectivity index is 1.41. The molecule has 6 aromatic rings. The number of hydrogen-bond acceptors (Lipinski definition) is 1. The van der Waals surface area contributed by atoms with E-state index in [9.17, 15) is 0 Å². The summed E-state index contributed by atoms with van der Waals surface area (Å²) in [5, 5.41) is 9.15. The molecule has 4 heteroatoms. The number of hydrogen-bond donors (Lipinski definition) is 0. The van der Waals surface area contributed by atoms with Gasteiger partial charge in [0.25, 0.3) is 0 Å². The molecule has 61 heavy (non-hydrogen) atoms. The molecule has 6 aromatic carbocycles. The van der Waals surface area contributed by atoms with E-state index in [4.69, 9.17) is 4.74 Å². The minimum Gasteiger partial charge on any atom is -0.384 e. The van der Waals surface area contributed by atoms with E-state index in [-0.39, 0.29) is 0 Å². The van der Waals surface area contributed by atoms with Crippen LogP contribution in [0.1, 0.15) is 66.8 Å². The molecule has 0 aromatic heterocycles. The Morgan fingerprint density at radius 2 is 0.443 bits per heavy atom. The standard InChI is InChI=1S/C57H69OP3/c1-36-14-37(2)21-48(20-36)59(49-22-38(3)15-39(4)23-49)33-55-54(32-58-13)56(34-60(50-24-40(5)16-41(6)25-50)51-26-42(7)17-43(8)27-51)57(55)35-61(52-28-44(9)18-45(10)29-52)53-30-46(11)19-47(12)31-53/h14-31,54-57H,32-35H2,1-13H3. The number of aryl methyl sites for hydroxylation is 12. The third-order valence-corrected chi connectivity index (χ3v) is 20.5. The summed E-state index contributed by atoms with van der Waals surface area (Å²) in [6.07, 6.45) is 3.57. The van der Waals surface area contributed by atoms with E-state index in [1.165, 1.54) is 117 Å². The van der Waals surface area contributed by atoms with Gasteiger partial charge in [0, 0.05) is 13.7 Å². The normalized spacial score (nSPS) is 17.7. The van der Waals surface area contributed by atoms with E-state index in [1.54, 1.807) is 0 Å². The third-order valence-electron chi connectivity index (χ3n) is 12.8. The van der Waals surface area contributed by atoms with Crippen LogP contribution in [-0.4, -0.2) is 32.2 Å². The fourth-order valence-corrected chi connectivity index (χ4v) is 20.1. The first kappa shape index (κ1) is 45.6. The second-order valence-electron chi connectivity index (χ2n) is 19.0. The topological polar surface area (TPSA) is 9.23 Å². The van der Waals surface area contributed by atoms with Crippen LogP contribution in [0.3, 0.4) is 0 Å². The fourth-order valence-electron chi connectivity index (χ4n) is 10.7. The first-order chi connectivity index (χ1) is 29.0. The van der Waals surface area contributed by atoms with Gasteiger partial charge in [-0.1, -0.05) is 176 Å². The van der Waals surface area contributed by atoms with E-state index < -0.39 is 23.8 Å². The Kier molecular flexibility index (Phi) is 14.6. The van der Waals surface area contributed by atoms with Crippen molar-refractivity contribution in [3.63, 3.8) is 0 Å². The summed E-state index contributed by atoms with van der Waals surface area (Å²) < 4.78 is 6.35. The molecular formula is C57H69OP3. The van der Waals surface area contributed by atoms with Gasteiger partial charge in [-0.3, -0.25) is 0 Å². The SMILES string of the molecule is COCC1C(CP(c2cc(C)cc(C)c2)c2cc(C)cc(C)c2)C(CP(c2cc(C)cc(C)c2)c2cc(C)cc(C)c2)C1CP(c1cc(C)cc(C)c1)c1cc(C)cc(C)c1. The van der Waals surface area contributed by atoms with Crippen molar-refractivity contribution in [3.05, 3.63) is 176 Å². The second-order valence-corrected chi connectivity index (χ2v) is 25.8. The molecule has 2 atom stereocenters. The molecule has 318 valence electrons. The minimum absolute atomic E-state index is 0.481. The number of benzene rings is 6. The van der Waals surface area contributed by atoms with Gasteiger partial charge in [0.15, 0.2) is 0 Å². The summed E-state index contributed by atoms with van der Waals surface area (Å²) in [6, 6.07) is 44.2. The Morgan fingerprint density at radius 3 is 0.607 bits per heavy atom. The zero-order chi connectivity index (χ0) is 43.7. The van der Waals surface area contributed by atoms with Gasteiger partial charge in [-0.25, -0.2) is 0 Å². The second kappa shape index (κ2) is 19.5. The van der Waals surface area contributed by atoms with Crippen LogP contribution >= 0.6 is 23.8 Å². The van der Waals surface area contributed by atoms with Crippen molar-refractivity contribution < 1.29 is 4.74 Å². The highest BCUT2D eigenvalue weighted by Crippen LogP contribution is 2.59. The molecular weight excluding hydrogens is 794 g/mol. The van der Waals surface area contributed by atoms with Crippen LogP contribution in [-0.2, 0) is 4.74 Å². The Bertz CT molecular complexity index is 2120. The van der Waals surface area contributed by atoms with Crippen LogP contribution < -0.4 is 31.8 Å². The smallest absolute Gasteiger partial charge is 0.0496 e. The van der Waals surface area contributed by atoms with Gasteiger partial charge in [-0.15, -0.1) is 0 Å². The van der Waals surface area contributed by atoms with Crippen molar-refractivity contribution in [1.82, 2.24) is 0 Å². The molecule has 0 saturated heterocycles. The lowest BCUT2D eigenvalue weighted by Gasteiger charge is -2.55. The van der Waals surface area contributed by atoms with Crippen molar-refractivity contribution in [2.45, 2.75) is 83.1 Å². The van der Waals surface area contributed by atoms with Crippen LogP contribution in [0.25, 0.3) is 0 Å². The lowest BCUT2D eigenvalue weighted by Crippen LogP contribution is -2.54. The molecule has 7 rings (SSSR count). The zero-order valence-electron chi connectivity index (χ0n) is 39.3. The van der Waals surface area contributed by atoms with Crippen molar-refractivity contribution in [1.29, 1.82) is 0 Å².